The number of alkyl halides is 3. The van der Waals surface area contributed by atoms with E-state index in [-0.39, 0.29) is 12.5 Å². The molecule has 2 fully saturated rings. The van der Waals surface area contributed by atoms with Crippen LogP contribution >= 0.6 is 0 Å². The van der Waals surface area contributed by atoms with Gasteiger partial charge >= 0.3 is 6.18 Å². The third kappa shape index (κ3) is 5.99. The number of aromatic nitrogens is 3. The van der Waals surface area contributed by atoms with Gasteiger partial charge < -0.3 is 15.4 Å². The van der Waals surface area contributed by atoms with E-state index in [2.05, 4.69) is 25.5 Å². The van der Waals surface area contributed by atoms with Gasteiger partial charge in [0.05, 0.1) is 24.8 Å². The molecule has 2 N–H and O–H groups in total. The second-order valence-corrected chi connectivity index (χ2v) is 9.41. The first-order chi connectivity index (χ1) is 17.9. The van der Waals surface area contributed by atoms with E-state index in [1.807, 2.05) is 18.2 Å². The molecule has 3 heterocycles. The summed E-state index contributed by atoms with van der Waals surface area (Å²) >= 11 is 0. The van der Waals surface area contributed by atoms with Crippen LogP contribution in [0.5, 0.6) is 0 Å². The third-order valence-corrected chi connectivity index (χ3v) is 6.94. The minimum Gasteiger partial charge on any atom is -0.379 e. The summed E-state index contributed by atoms with van der Waals surface area (Å²) in [6, 6.07) is 9.25. The van der Waals surface area contributed by atoms with E-state index in [1.165, 1.54) is 25.2 Å². The molecule has 1 atom stereocenters. The van der Waals surface area contributed by atoms with Crippen molar-refractivity contribution in [3.63, 3.8) is 0 Å². The summed E-state index contributed by atoms with van der Waals surface area (Å²) in [5.41, 5.74) is 1.70. The van der Waals surface area contributed by atoms with Crippen LogP contribution in [0.25, 0.3) is 10.9 Å². The van der Waals surface area contributed by atoms with Gasteiger partial charge in [0.2, 0.25) is 5.82 Å². The summed E-state index contributed by atoms with van der Waals surface area (Å²) in [5, 5.41) is 7.18. The highest BCUT2D eigenvalue weighted by atomic mass is 19.4. The average Bonchev–Trinajstić information content (AvgIpc) is 3.42. The maximum Gasteiger partial charge on any atom is 0.451 e. The number of halogens is 3. The normalized spacial score (nSPS) is 18.1. The first-order valence-corrected chi connectivity index (χ1v) is 12.5. The number of carbonyl (C=O) groups is 1. The Labute approximate surface area is 212 Å². The Morgan fingerprint density at radius 3 is 2.51 bits per heavy atom. The van der Waals surface area contributed by atoms with Crippen molar-refractivity contribution in [3.8, 4) is 0 Å². The number of anilines is 1. The van der Waals surface area contributed by atoms with E-state index in [0.29, 0.717) is 43.5 Å². The van der Waals surface area contributed by atoms with Gasteiger partial charge in [-0.25, -0.2) is 15.0 Å². The monoisotopic (exact) mass is 514 g/mol. The van der Waals surface area contributed by atoms with E-state index in [9.17, 15) is 18.0 Å². The van der Waals surface area contributed by atoms with Gasteiger partial charge in [0, 0.05) is 54.6 Å². The summed E-state index contributed by atoms with van der Waals surface area (Å²) in [7, 11) is 0. The molecule has 3 aromatic rings. The molecule has 1 saturated carbocycles. The topological polar surface area (TPSA) is 92.3 Å². The van der Waals surface area contributed by atoms with Gasteiger partial charge in [-0.05, 0) is 37.1 Å². The molecule has 1 aliphatic carbocycles. The van der Waals surface area contributed by atoms with Gasteiger partial charge in [0.25, 0.3) is 5.91 Å². The van der Waals surface area contributed by atoms with Crippen LogP contribution in [0.1, 0.15) is 53.5 Å². The van der Waals surface area contributed by atoms with Crippen molar-refractivity contribution in [2.75, 3.05) is 38.2 Å². The lowest BCUT2D eigenvalue weighted by molar-refractivity contribution is -0.145. The Kier molecular flexibility index (Phi) is 7.52. The van der Waals surface area contributed by atoms with Crippen molar-refractivity contribution in [1.82, 2.24) is 25.2 Å². The predicted octanol–water partition coefficient (Wildman–Crippen LogP) is 4.20. The summed E-state index contributed by atoms with van der Waals surface area (Å²) in [4.78, 5) is 27.0. The van der Waals surface area contributed by atoms with E-state index >= 15 is 0 Å². The Hall–Kier alpha value is -3.31. The fraction of sp³-hybridized carbons (Fsp3) is 0.462. The molecule has 1 unspecified atom stereocenters. The van der Waals surface area contributed by atoms with Gasteiger partial charge in [-0.1, -0.05) is 18.9 Å². The van der Waals surface area contributed by atoms with E-state index in [4.69, 9.17) is 9.72 Å². The predicted molar refractivity (Wildman–Crippen MR) is 132 cm³/mol. The van der Waals surface area contributed by atoms with Crippen LogP contribution in [0, 0.1) is 0 Å². The number of nitrogens with zero attached hydrogens (tertiary/aromatic N) is 4. The molecule has 5 rings (SSSR count). The second kappa shape index (κ2) is 11.0. The lowest BCUT2D eigenvalue weighted by atomic mass is 10.1. The van der Waals surface area contributed by atoms with Crippen molar-refractivity contribution < 1.29 is 22.7 Å². The van der Waals surface area contributed by atoms with Crippen LogP contribution in [0.4, 0.5) is 19.0 Å². The highest BCUT2D eigenvalue weighted by Crippen LogP contribution is 2.28. The molecular weight excluding hydrogens is 485 g/mol. The first kappa shape index (κ1) is 25.3. The SMILES string of the molecule is O=C(NCC(c1cnc(C(F)(F)F)nc1)N1CCOCC1)c1cccc2nc(NC3CCCC3)ccc12. The minimum atomic E-state index is -4.61. The Balaban J connectivity index is 1.33. The number of benzene rings is 1. The standard InChI is InChI=1S/C26H29F3N6O2/c27-26(28,29)25-31-14-17(15-32-25)22(35-10-12-37-13-11-35)16-30-24(36)20-6-3-7-21-19(20)8-9-23(34-21)33-18-4-1-2-5-18/h3,6-9,14-15,18,22H,1-2,4-5,10-13,16H2,(H,30,36)(H,33,34). The van der Waals surface area contributed by atoms with Crippen molar-refractivity contribution in [1.29, 1.82) is 0 Å². The summed E-state index contributed by atoms with van der Waals surface area (Å²) < 4.78 is 44.3. The number of morpholine rings is 1. The van der Waals surface area contributed by atoms with Crippen molar-refractivity contribution in [2.45, 2.75) is 43.9 Å². The van der Waals surface area contributed by atoms with Crippen LogP contribution < -0.4 is 10.6 Å². The molecule has 1 saturated heterocycles. The van der Waals surface area contributed by atoms with Gasteiger partial charge in [-0.3, -0.25) is 9.69 Å². The molecular formula is C26H29F3N6O2. The molecule has 196 valence electrons. The second-order valence-electron chi connectivity index (χ2n) is 9.41. The molecule has 11 heteroatoms. The van der Waals surface area contributed by atoms with Gasteiger partial charge in [-0.2, -0.15) is 13.2 Å². The summed E-state index contributed by atoms with van der Waals surface area (Å²) in [5.74, 6) is -0.673. The zero-order chi connectivity index (χ0) is 25.8. The number of nitrogens with one attached hydrogen (secondary N) is 2. The fourth-order valence-corrected chi connectivity index (χ4v) is 5.00. The molecule has 0 bridgehead atoms. The maximum absolute atomic E-state index is 13.2. The molecule has 8 nitrogen and oxygen atoms in total. The van der Waals surface area contributed by atoms with Gasteiger partial charge in [-0.15, -0.1) is 0 Å². The Morgan fingerprint density at radius 1 is 1.08 bits per heavy atom. The quantitative estimate of drug-likeness (QED) is 0.488. The van der Waals surface area contributed by atoms with E-state index in [0.717, 1.165) is 29.6 Å². The smallest absolute Gasteiger partial charge is 0.379 e. The van der Waals surface area contributed by atoms with Crippen LogP contribution in [0.2, 0.25) is 0 Å². The summed E-state index contributed by atoms with van der Waals surface area (Å²) in [6.45, 7) is 2.34. The minimum absolute atomic E-state index is 0.179. The van der Waals surface area contributed by atoms with Crippen molar-refractivity contribution in [2.24, 2.45) is 0 Å². The Bertz CT molecular complexity index is 1230. The fourth-order valence-electron chi connectivity index (χ4n) is 5.00. The van der Waals surface area contributed by atoms with Crippen LogP contribution in [-0.2, 0) is 10.9 Å². The molecule has 1 aliphatic heterocycles. The van der Waals surface area contributed by atoms with Crippen LogP contribution in [0.15, 0.2) is 42.7 Å². The number of ether oxygens (including phenoxy) is 1. The highest BCUT2D eigenvalue weighted by molar-refractivity contribution is 6.06. The molecule has 2 aliphatic rings. The number of hydrogen-bond acceptors (Lipinski definition) is 7. The zero-order valence-corrected chi connectivity index (χ0v) is 20.3. The number of pyridine rings is 1. The van der Waals surface area contributed by atoms with Crippen molar-refractivity contribution >= 4 is 22.6 Å². The Morgan fingerprint density at radius 2 is 1.81 bits per heavy atom. The molecule has 37 heavy (non-hydrogen) atoms. The number of carbonyl (C=O) groups excluding carboxylic acids is 1. The molecule has 0 spiro atoms. The number of fused-ring (bicyclic) bond motifs is 1. The van der Waals surface area contributed by atoms with Crippen LogP contribution in [-0.4, -0.2) is 64.6 Å². The summed E-state index contributed by atoms with van der Waals surface area (Å²) in [6.07, 6.45) is 2.47. The molecule has 1 aromatic carbocycles. The zero-order valence-electron chi connectivity index (χ0n) is 20.3. The largest absolute Gasteiger partial charge is 0.451 e. The number of rotatable bonds is 7. The molecule has 1 amide bonds. The van der Waals surface area contributed by atoms with Crippen molar-refractivity contribution in [3.05, 3.63) is 59.7 Å². The van der Waals surface area contributed by atoms with Crippen LogP contribution in [0.3, 0.4) is 0 Å². The lowest BCUT2D eigenvalue weighted by Crippen LogP contribution is -2.44. The van der Waals surface area contributed by atoms with Gasteiger partial charge in [0.15, 0.2) is 0 Å². The lowest BCUT2D eigenvalue weighted by Gasteiger charge is -2.34. The maximum atomic E-state index is 13.2. The highest BCUT2D eigenvalue weighted by Gasteiger charge is 2.35. The number of amides is 1. The third-order valence-electron chi connectivity index (χ3n) is 6.94. The van der Waals surface area contributed by atoms with E-state index < -0.39 is 18.0 Å². The van der Waals surface area contributed by atoms with Gasteiger partial charge in [0.1, 0.15) is 5.82 Å². The average molecular weight is 515 g/mol. The first-order valence-electron chi connectivity index (χ1n) is 12.5. The number of hydrogen-bond donors (Lipinski definition) is 2. The molecule has 2 aromatic heterocycles. The molecule has 0 radical (unpaired) electrons. The van der Waals surface area contributed by atoms with E-state index in [1.54, 1.807) is 12.1 Å².